The quantitative estimate of drug-likeness (QED) is 0.826. The monoisotopic (exact) mass is 340 g/mol. The number of nitrogens with zero attached hydrogens (tertiary/aromatic N) is 1. The van der Waals surface area contributed by atoms with E-state index in [1.807, 2.05) is 0 Å². The van der Waals surface area contributed by atoms with E-state index in [9.17, 15) is 0 Å². The van der Waals surface area contributed by atoms with Gasteiger partial charge in [0.25, 0.3) is 0 Å². The van der Waals surface area contributed by atoms with E-state index in [1.54, 1.807) is 0 Å². The van der Waals surface area contributed by atoms with E-state index in [0.29, 0.717) is 12.0 Å². The Balaban J connectivity index is 3.01. The molecule has 0 heterocycles. The lowest BCUT2D eigenvalue weighted by atomic mass is 10.0. The Bertz CT molecular complexity index is 435. The molecule has 0 saturated carbocycles. The van der Waals surface area contributed by atoms with E-state index >= 15 is 0 Å². The second kappa shape index (κ2) is 6.95. The van der Waals surface area contributed by atoms with Crippen LogP contribution in [0.15, 0.2) is 22.7 Å². The molecule has 0 aromatic heterocycles. The average molecular weight is 341 g/mol. The van der Waals surface area contributed by atoms with E-state index in [0.717, 1.165) is 11.0 Å². The normalized spacial score (nSPS) is 13.7. The van der Waals surface area contributed by atoms with E-state index in [-0.39, 0.29) is 5.54 Å². The summed E-state index contributed by atoms with van der Waals surface area (Å²) in [5, 5.41) is 3.58. The SMILES string of the molecule is CC(C)C(C)N(C)c1cc(Br)ccc1CNC(C)(C)C. The number of hydrogen-bond acceptors (Lipinski definition) is 2. The maximum Gasteiger partial charge on any atom is 0.0423 e. The first-order valence-corrected chi connectivity index (χ1v) is 8.17. The second-order valence-corrected chi connectivity index (χ2v) is 7.89. The molecule has 1 N–H and O–H groups in total. The van der Waals surface area contributed by atoms with E-state index in [2.05, 4.69) is 92.9 Å². The number of benzene rings is 1. The van der Waals surface area contributed by atoms with Crippen molar-refractivity contribution in [1.29, 1.82) is 0 Å². The predicted molar refractivity (Wildman–Crippen MR) is 93.4 cm³/mol. The van der Waals surface area contributed by atoms with Crippen molar-refractivity contribution >= 4 is 21.6 Å². The Morgan fingerprint density at radius 1 is 1.20 bits per heavy atom. The summed E-state index contributed by atoms with van der Waals surface area (Å²) >= 11 is 3.59. The van der Waals surface area contributed by atoms with Crippen molar-refractivity contribution < 1.29 is 0 Å². The van der Waals surface area contributed by atoms with Crippen LogP contribution in [0.5, 0.6) is 0 Å². The first kappa shape index (κ1) is 17.5. The summed E-state index contributed by atoms with van der Waals surface area (Å²) in [6.45, 7) is 14.3. The summed E-state index contributed by atoms with van der Waals surface area (Å²) in [5.41, 5.74) is 2.78. The molecule has 1 atom stereocenters. The molecule has 0 radical (unpaired) electrons. The van der Waals surface area contributed by atoms with Crippen LogP contribution in [0.3, 0.4) is 0 Å². The molecule has 0 bridgehead atoms. The third-order valence-electron chi connectivity index (χ3n) is 3.81. The van der Waals surface area contributed by atoms with Crippen molar-refractivity contribution in [2.45, 2.75) is 59.7 Å². The molecule has 114 valence electrons. The lowest BCUT2D eigenvalue weighted by Crippen LogP contribution is -2.37. The van der Waals surface area contributed by atoms with Crippen molar-refractivity contribution in [2.24, 2.45) is 5.92 Å². The van der Waals surface area contributed by atoms with Crippen LogP contribution in [0, 0.1) is 5.92 Å². The molecular formula is C17H29BrN2. The van der Waals surface area contributed by atoms with Crippen LogP contribution in [0.4, 0.5) is 5.69 Å². The largest absolute Gasteiger partial charge is 0.371 e. The molecule has 1 unspecified atom stereocenters. The minimum atomic E-state index is 0.132. The zero-order valence-corrected chi connectivity index (χ0v) is 15.5. The molecule has 0 spiro atoms. The van der Waals surface area contributed by atoms with Gasteiger partial charge in [0.1, 0.15) is 0 Å². The van der Waals surface area contributed by atoms with Crippen LogP contribution >= 0.6 is 15.9 Å². The van der Waals surface area contributed by atoms with Crippen LogP contribution in [0.2, 0.25) is 0 Å². The number of rotatable bonds is 5. The minimum Gasteiger partial charge on any atom is -0.371 e. The summed E-state index contributed by atoms with van der Waals surface area (Å²) in [6, 6.07) is 7.06. The molecule has 1 aromatic rings. The highest BCUT2D eigenvalue weighted by Crippen LogP contribution is 2.27. The van der Waals surface area contributed by atoms with Crippen molar-refractivity contribution in [3.05, 3.63) is 28.2 Å². The van der Waals surface area contributed by atoms with E-state index < -0.39 is 0 Å². The average Bonchev–Trinajstić information content (AvgIpc) is 2.34. The van der Waals surface area contributed by atoms with Crippen LogP contribution in [0.1, 0.15) is 47.1 Å². The van der Waals surface area contributed by atoms with Crippen LogP contribution in [-0.2, 0) is 6.54 Å². The second-order valence-electron chi connectivity index (χ2n) is 6.97. The van der Waals surface area contributed by atoms with Crippen molar-refractivity contribution in [3.8, 4) is 0 Å². The molecular weight excluding hydrogens is 312 g/mol. The van der Waals surface area contributed by atoms with Crippen LogP contribution in [0.25, 0.3) is 0 Å². The number of halogens is 1. The Labute approximate surface area is 133 Å². The Morgan fingerprint density at radius 2 is 1.80 bits per heavy atom. The molecule has 0 aliphatic carbocycles. The predicted octanol–water partition coefficient (Wildman–Crippen LogP) is 4.82. The molecule has 1 aromatic carbocycles. The number of hydrogen-bond donors (Lipinski definition) is 1. The third-order valence-corrected chi connectivity index (χ3v) is 4.31. The van der Waals surface area contributed by atoms with Crippen LogP contribution in [-0.4, -0.2) is 18.6 Å². The molecule has 20 heavy (non-hydrogen) atoms. The Hall–Kier alpha value is -0.540. The zero-order chi connectivity index (χ0) is 15.5. The number of anilines is 1. The standard InChI is InChI=1S/C17H29BrN2/c1-12(2)13(3)20(7)16-10-15(18)9-8-14(16)11-19-17(4,5)6/h8-10,12-13,19H,11H2,1-7H3. The first-order chi connectivity index (χ1) is 9.11. The zero-order valence-electron chi connectivity index (χ0n) is 13.9. The van der Waals surface area contributed by atoms with Gasteiger partial charge in [-0.2, -0.15) is 0 Å². The fourth-order valence-corrected chi connectivity index (χ4v) is 2.39. The van der Waals surface area contributed by atoms with Crippen molar-refractivity contribution in [1.82, 2.24) is 5.32 Å². The topological polar surface area (TPSA) is 15.3 Å². The van der Waals surface area contributed by atoms with Gasteiger partial charge in [-0.05, 0) is 51.3 Å². The smallest absolute Gasteiger partial charge is 0.0423 e. The van der Waals surface area contributed by atoms with Gasteiger partial charge in [-0.15, -0.1) is 0 Å². The van der Waals surface area contributed by atoms with Gasteiger partial charge in [0.15, 0.2) is 0 Å². The van der Waals surface area contributed by atoms with Gasteiger partial charge in [-0.25, -0.2) is 0 Å². The Morgan fingerprint density at radius 3 is 2.30 bits per heavy atom. The fourth-order valence-electron chi connectivity index (χ4n) is 2.04. The third kappa shape index (κ3) is 5.10. The summed E-state index contributed by atoms with van der Waals surface area (Å²) in [5.74, 6) is 0.627. The van der Waals surface area contributed by atoms with Gasteiger partial charge < -0.3 is 10.2 Å². The van der Waals surface area contributed by atoms with Crippen LogP contribution < -0.4 is 10.2 Å². The summed E-state index contributed by atoms with van der Waals surface area (Å²) in [4.78, 5) is 2.38. The lowest BCUT2D eigenvalue weighted by Gasteiger charge is -2.32. The fraction of sp³-hybridized carbons (Fsp3) is 0.647. The molecule has 3 heteroatoms. The summed E-state index contributed by atoms with van der Waals surface area (Å²) in [6.07, 6.45) is 0. The summed E-state index contributed by atoms with van der Waals surface area (Å²) < 4.78 is 1.13. The Kier molecular flexibility index (Phi) is 6.08. The van der Waals surface area contributed by atoms with E-state index in [4.69, 9.17) is 0 Å². The first-order valence-electron chi connectivity index (χ1n) is 7.38. The van der Waals surface area contributed by atoms with Gasteiger partial charge in [0.2, 0.25) is 0 Å². The van der Waals surface area contributed by atoms with Gasteiger partial charge >= 0.3 is 0 Å². The molecule has 0 amide bonds. The van der Waals surface area contributed by atoms with Crippen molar-refractivity contribution in [3.63, 3.8) is 0 Å². The summed E-state index contributed by atoms with van der Waals surface area (Å²) in [7, 11) is 2.19. The van der Waals surface area contributed by atoms with Gasteiger partial charge in [0.05, 0.1) is 0 Å². The molecule has 0 aliphatic rings. The highest BCUT2D eigenvalue weighted by Gasteiger charge is 2.18. The molecule has 0 fully saturated rings. The highest BCUT2D eigenvalue weighted by atomic mass is 79.9. The van der Waals surface area contributed by atoms with Gasteiger partial charge in [0, 0.05) is 35.3 Å². The number of nitrogens with one attached hydrogen (secondary N) is 1. The van der Waals surface area contributed by atoms with Gasteiger partial charge in [-0.3, -0.25) is 0 Å². The highest BCUT2D eigenvalue weighted by molar-refractivity contribution is 9.10. The molecule has 0 saturated heterocycles. The van der Waals surface area contributed by atoms with E-state index in [1.165, 1.54) is 11.3 Å². The maximum atomic E-state index is 3.59. The minimum absolute atomic E-state index is 0.132. The van der Waals surface area contributed by atoms with Crippen molar-refractivity contribution in [2.75, 3.05) is 11.9 Å². The van der Waals surface area contributed by atoms with Gasteiger partial charge in [-0.1, -0.05) is 35.8 Å². The maximum absolute atomic E-state index is 3.59. The molecule has 1 rings (SSSR count). The molecule has 2 nitrogen and oxygen atoms in total. The lowest BCUT2D eigenvalue weighted by molar-refractivity contribution is 0.423. The molecule has 0 aliphatic heterocycles.